The van der Waals surface area contributed by atoms with Crippen molar-refractivity contribution in [3.8, 4) is 0 Å². The number of aryl methyl sites for hydroxylation is 1. The number of nitrogens with zero attached hydrogens (tertiary/aromatic N) is 6. The van der Waals surface area contributed by atoms with Crippen LogP contribution in [-0.2, 0) is 25.3 Å². The zero-order chi connectivity index (χ0) is 15.9. The van der Waals surface area contributed by atoms with Crippen molar-refractivity contribution in [2.45, 2.75) is 17.2 Å². The van der Waals surface area contributed by atoms with Gasteiger partial charge in [-0.3, -0.25) is 0 Å². The van der Waals surface area contributed by atoms with Crippen LogP contribution in [-0.4, -0.2) is 50.3 Å². The fourth-order valence-corrected chi connectivity index (χ4v) is 1.81. The normalized spacial score (nSPS) is 9.42. The Morgan fingerprint density at radius 2 is 1.17 bits per heavy atom. The van der Waals surface area contributed by atoms with E-state index in [0.29, 0.717) is 37.0 Å². The first kappa shape index (κ1) is 23.8. The third-order valence-corrected chi connectivity index (χ3v) is 2.62. The zero-order valence-corrected chi connectivity index (χ0v) is 19.5. The Balaban J connectivity index is 0.00000264. The van der Waals surface area contributed by atoms with Crippen LogP contribution in [0.3, 0.4) is 0 Å². The van der Waals surface area contributed by atoms with Gasteiger partial charge in [0.1, 0.15) is 5.82 Å². The molecule has 2 aromatic rings. The van der Waals surface area contributed by atoms with Gasteiger partial charge >= 0.3 is 59.1 Å². The Kier molecular flexibility index (Phi) is 12.1. The van der Waals surface area contributed by atoms with Gasteiger partial charge in [0.25, 0.3) is 0 Å². The molecule has 14 heteroatoms. The van der Waals surface area contributed by atoms with Gasteiger partial charge in [0.15, 0.2) is 0 Å². The van der Waals surface area contributed by atoms with E-state index in [-0.39, 0.29) is 69.4 Å². The van der Waals surface area contributed by atoms with Crippen molar-refractivity contribution < 1.29 is 59.1 Å². The van der Waals surface area contributed by atoms with Crippen LogP contribution < -0.4 is 80.4 Å². The number of anilines is 3. The summed E-state index contributed by atoms with van der Waals surface area (Å²) < 4.78 is 0. The summed E-state index contributed by atoms with van der Waals surface area (Å²) >= 11 is 9.91. The largest absolute Gasteiger partial charge is 1.00 e. The Labute approximate surface area is 195 Å². The molecule has 0 atom stereocenters. The minimum Gasteiger partial charge on any atom is -0.740 e. The molecule has 24 heavy (non-hydrogen) atoms. The molecular weight excluding hydrogens is 370 g/mol. The second-order valence-electron chi connectivity index (χ2n) is 3.99. The average Bonchev–Trinajstić information content (AvgIpc) is 2.43. The maximum absolute atomic E-state index is 4.99. The smallest absolute Gasteiger partial charge is 0.740 e. The Bertz CT molecular complexity index is 627. The van der Waals surface area contributed by atoms with Crippen molar-refractivity contribution in [1.82, 2.24) is 35.2 Å². The third kappa shape index (κ3) is 8.27. The minimum atomic E-state index is 0. The summed E-state index contributed by atoms with van der Waals surface area (Å²) in [6.45, 7) is 2.55. The van der Waals surface area contributed by atoms with Gasteiger partial charge in [-0.1, -0.05) is 0 Å². The van der Waals surface area contributed by atoms with Gasteiger partial charge in [-0.15, -0.1) is 0 Å². The van der Waals surface area contributed by atoms with E-state index in [1.165, 1.54) is 0 Å². The number of hydrogen-bond acceptors (Lipinski definition) is 12. The zero-order valence-electron chi connectivity index (χ0n) is 13.9. The van der Waals surface area contributed by atoms with Crippen LogP contribution in [0.15, 0.2) is 10.3 Å². The topological polar surface area (TPSA) is 125 Å². The summed E-state index contributed by atoms with van der Waals surface area (Å²) in [7, 11) is 1.80. The first-order valence-electron chi connectivity index (χ1n) is 6.26. The van der Waals surface area contributed by atoms with Gasteiger partial charge in [-0.05, 0) is 14.0 Å². The summed E-state index contributed by atoms with van der Waals surface area (Å²) in [4.78, 5) is 24.2. The quantitative estimate of drug-likeness (QED) is 0.206. The number of rotatable bonds is 7. The van der Waals surface area contributed by atoms with Crippen molar-refractivity contribution >= 4 is 43.1 Å². The first-order chi connectivity index (χ1) is 10.6. The molecule has 0 fully saturated rings. The summed E-state index contributed by atoms with van der Waals surface area (Å²) in [5, 5.41) is 12.2. The molecule has 0 radical (unpaired) electrons. The van der Waals surface area contributed by atoms with Crippen LogP contribution in [0.5, 0.6) is 0 Å². The number of hydrogen-bond donors (Lipinski definition) is 4. The van der Waals surface area contributed by atoms with Crippen molar-refractivity contribution in [3.63, 3.8) is 0 Å². The molecule has 0 unspecified atom stereocenters. The predicted molar refractivity (Wildman–Crippen MR) is 85.3 cm³/mol. The summed E-state index contributed by atoms with van der Waals surface area (Å²) in [6, 6.07) is 0. The van der Waals surface area contributed by atoms with E-state index in [0.717, 1.165) is 0 Å². The molecule has 4 N–H and O–H groups in total. The molecule has 2 heterocycles. The molecule has 0 spiro atoms. The maximum Gasteiger partial charge on any atom is 1.00 e. The van der Waals surface area contributed by atoms with Crippen LogP contribution in [0.4, 0.5) is 17.8 Å². The molecule has 0 aliphatic carbocycles. The van der Waals surface area contributed by atoms with Crippen LogP contribution in [0.1, 0.15) is 5.82 Å². The fourth-order valence-electron chi connectivity index (χ4n) is 1.42. The predicted octanol–water partition coefficient (Wildman–Crippen LogP) is -6.75. The Morgan fingerprint density at radius 3 is 1.67 bits per heavy atom. The van der Waals surface area contributed by atoms with E-state index in [1.807, 2.05) is 0 Å². The van der Waals surface area contributed by atoms with E-state index in [1.54, 1.807) is 14.0 Å². The summed E-state index contributed by atoms with van der Waals surface area (Å²) in [5.41, 5.74) is 0. The van der Waals surface area contributed by atoms with Crippen molar-refractivity contribution in [1.29, 1.82) is 0 Å². The van der Waals surface area contributed by atoms with E-state index < -0.39 is 0 Å². The van der Waals surface area contributed by atoms with Gasteiger partial charge in [0.2, 0.25) is 17.8 Å². The second-order valence-corrected chi connectivity index (χ2v) is 4.72. The van der Waals surface area contributed by atoms with Crippen LogP contribution in [0.25, 0.3) is 0 Å². The van der Waals surface area contributed by atoms with Crippen LogP contribution >= 0.6 is 0 Å². The second kappa shape index (κ2) is 12.2. The molecular formula is C10H14N10Na2S2. The third-order valence-electron chi connectivity index (χ3n) is 2.26. The molecule has 0 aliphatic heterocycles. The first-order valence-corrected chi connectivity index (χ1v) is 7.07. The monoisotopic (exact) mass is 384 g/mol. The fraction of sp³-hybridized carbons (Fsp3) is 0.400. The van der Waals surface area contributed by atoms with E-state index >= 15 is 0 Å². The van der Waals surface area contributed by atoms with Crippen molar-refractivity contribution in [2.75, 3.05) is 36.3 Å². The molecule has 118 valence electrons. The number of aromatic nitrogens is 6. The maximum atomic E-state index is 4.99. The molecule has 10 nitrogen and oxygen atoms in total. The van der Waals surface area contributed by atoms with Gasteiger partial charge < -0.3 is 46.5 Å². The SMILES string of the molecule is CNCNc1nc([S-])nc(NCNc2nc(C)nc([S-])n2)n1.[Na+].[Na+]. The van der Waals surface area contributed by atoms with Gasteiger partial charge in [0, 0.05) is 10.3 Å². The molecule has 2 aromatic heterocycles. The van der Waals surface area contributed by atoms with Gasteiger partial charge in [-0.2, -0.15) is 9.97 Å². The van der Waals surface area contributed by atoms with Crippen molar-refractivity contribution in [3.05, 3.63) is 5.82 Å². The van der Waals surface area contributed by atoms with E-state index in [2.05, 4.69) is 51.2 Å². The summed E-state index contributed by atoms with van der Waals surface area (Å²) in [5.74, 6) is 1.66. The molecule has 2 rings (SSSR count). The molecule has 0 aromatic carbocycles. The number of nitrogens with one attached hydrogen (secondary N) is 4. The van der Waals surface area contributed by atoms with Crippen molar-refractivity contribution in [2.24, 2.45) is 0 Å². The molecule has 0 amide bonds. The van der Waals surface area contributed by atoms with Crippen LogP contribution in [0.2, 0.25) is 0 Å². The van der Waals surface area contributed by atoms with Gasteiger partial charge in [-0.25, -0.2) is 19.9 Å². The summed E-state index contributed by atoms with van der Waals surface area (Å²) in [6.07, 6.45) is 0. The Hall–Kier alpha value is -0.180. The molecule has 0 bridgehead atoms. The molecule has 0 saturated carbocycles. The minimum absolute atomic E-state index is 0. The van der Waals surface area contributed by atoms with Crippen LogP contribution in [0, 0.1) is 6.92 Å². The molecule has 0 aliphatic rings. The van der Waals surface area contributed by atoms with E-state index in [4.69, 9.17) is 25.3 Å². The average molecular weight is 384 g/mol. The van der Waals surface area contributed by atoms with Gasteiger partial charge in [0.05, 0.1) is 13.3 Å². The van der Waals surface area contributed by atoms with E-state index in [9.17, 15) is 0 Å². The molecule has 0 saturated heterocycles. The standard InChI is InChI=1S/C10H16N10S2.2Na/c1-5-15-6(18-9(21)16-5)13-4-14-8-17-7(12-3-11-2)19-10(22)20-8;;/h11H,3-4H2,1-2H3,(H2,13,15,16,18,21)(H3,12,14,17,19,20,22);;/q;2*+1/p-2. The Morgan fingerprint density at radius 1 is 0.708 bits per heavy atom.